The third-order valence-corrected chi connectivity index (χ3v) is 5.09. The number of benzene rings is 1. The fourth-order valence-corrected chi connectivity index (χ4v) is 3.42. The molecule has 0 unspecified atom stereocenters. The highest BCUT2D eigenvalue weighted by molar-refractivity contribution is 7.80. The molecule has 7 heteroatoms. The first-order chi connectivity index (χ1) is 13.4. The van der Waals surface area contributed by atoms with Crippen molar-refractivity contribution in [3.05, 3.63) is 64.2 Å². The second-order valence-corrected chi connectivity index (χ2v) is 7.50. The van der Waals surface area contributed by atoms with Crippen LogP contribution in [-0.4, -0.2) is 24.7 Å². The van der Waals surface area contributed by atoms with Crippen LogP contribution in [0.2, 0.25) is 0 Å². The number of thiocarbonyl (C=S) groups is 1. The maximum absolute atomic E-state index is 5.50. The molecule has 0 radical (unpaired) electrons. The summed E-state index contributed by atoms with van der Waals surface area (Å²) in [5.41, 5.74) is 7.63. The van der Waals surface area contributed by atoms with Crippen LogP contribution in [0.4, 0.5) is 5.69 Å². The number of nitrogens with one attached hydrogen (secondary N) is 2. The summed E-state index contributed by atoms with van der Waals surface area (Å²) in [4.78, 5) is 0. The summed E-state index contributed by atoms with van der Waals surface area (Å²) in [5.74, 6) is 0. The predicted octanol–water partition coefficient (Wildman–Crippen LogP) is 3.87. The van der Waals surface area contributed by atoms with Crippen LogP contribution in [0, 0.1) is 27.7 Å². The molecule has 0 amide bonds. The summed E-state index contributed by atoms with van der Waals surface area (Å²) in [6.45, 7) is 12.5. The SMILES string of the molecule is CCn1cc(CNC(=S)Nc2c(C)nn(Cc3cccc(C)c3)c2C)c(C)n1. The molecule has 0 aliphatic carbocycles. The van der Waals surface area contributed by atoms with Crippen LogP contribution in [0.25, 0.3) is 0 Å². The molecule has 0 bridgehead atoms. The molecule has 0 saturated heterocycles. The van der Waals surface area contributed by atoms with E-state index >= 15 is 0 Å². The van der Waals surface area contributed by atoms with Crippen LogP contribution in [-0.2, 0) is 19.6 Å². The van der Waals surface area contributed by atoms with E-state index in [1.165, 1.54) is 11.1 Å². The Labute approximate surface area is 172 Å². The van der Waals surface area contributed by atoms with Gasteiger partial charge >= 0.3 is 0 Å². The van der Waals surface area contributed by atoms with Crippen molar-refractivity contribution in [2.24, 2.45) is 0 Å². The average Bonchev–Trinajstić information content (AvgIpc) is 3.14. The number of aromatic nitrogens is 4. The van der Waals surface area contributed by atoms with Gasteiger partial charge in [0.15, 0.2) is 5.11 Å². The standard InChI is InChI=1S/C21H28N6S/c1-6-26-13-19(15(3)24-26)11-22-21(28)23-20-16(4)25-27(17(20)5)12-18-9-7-8-14(2)10-18/h7-10,13H,6,11-12H2,1-5H3,(H2,22,23,28). The molecule has 0 aliphatic rings. The molecule has 0 saturated carbocycles. The van der Waals surface area contributed by atoms with E-state index in [1.807, 2.05) is 23.2 Å². The van der Waals surface area contributed by atoms with Gasteiger partial charge in [-0.1, -0.05) is 29.8 Å². The van der Waals surface area contributed by atoms with Gasteiger partial charge in [0.2, 0.25) is 0 Å². The Morgan fingerprint density at radius 3 is 2.57 bits per heavy atom. The van der Waals surface area contributed by atoms with Crippen LogP contribution in [0.1, 0.15) is 40.7 Å². The van der Waals surface area contributed by atoms with Crippen molar-refractivity contribution >= 4 is 23.0 Å². The lowest BCUT2D eigenvalue weighted by atomic mass is 10.1. The molecular formula is C21H28N6S. The molecule has 2 N–H and O–H groups in total. The van der Waals surface area contributed by atoms with Gasteiger partial charge in [0.1, 0.15) is 0 Å². The Balaban J connectivity index is 1.65. The minimum Gasteiger partial charge on any atom is -0.358 e. The first-order valence-corrected chi connectivity index (χ1v) is 9.95. The second kappa shape index (κ2) is 8.56. The highest BCUT2D eigenvalue weighted by atomic mass is 32.1. The molecule has 148 valence electrons. The van der Waals surface area contributed by atoms with Crippen LogP contribution >= 0.6 is 12.2 Å². The molecule has 0 spiro atoms. The summed E-state index contributed by atoms with van der Waals surface area (Å²) in [6.07, 6.45) is 2.06. The number of aryl methyl sites for hydroxylation is 4. The van der Waals surface area contributed by atoms with Gasteiger partial charge in [0.25, 0.3) is 0 Å². The maximum Gasteiger partial charge on any atom is 0.171 e. The lowest BCUT2D eigenvalue weighted by Crippen LogP contribution is -2.28. The van der Waals surface area contributed by atoms with E-state index in [0.29, 0.717) is 11.7 Å². The van der Waals surface area contributed by atoms with Gasteiger partial charge in [-0.15, -0.1) is 0 Å². The van der Waals surface area contributed by atoms with E-state index in [4.69, 9.17) is 12.2 Å². The van der Waals surface area contributed by atoms with E-state index in [9.17, 15) is 0 Å². The Kier molecular flexibility index (Phi) is 6.14. The third kappa shape index (κ3) is 4.59. The normalized spacial score (nSPS) is 10.9. The molecule has 0 aliphatic heterocycles. The monoisotopic (exact) mass is 396 g/mol. The first-order valence-electron chi connectivity index (χ1n) is 9.54. The van der Waals surface area contributed by atoms with E-state index in [1.54, 1.807) is 0 Å². The zero-order valence-corrected chi connectivity index (χ0v) is 18.0. The van der Waals surface area contributed by atoms with Crippen LogP contribution in [0.5, 0.6) is 0 Å². The maximum atomic E-state index is 5.50. The minimum absolute atomic E-state index is 0.588. The van der Waals surface area contributed by atoms with Gasteiger partial charge in [0.05, 0.1) is 29.3 Å². The molecular weight excluding hydrogens is 368 g/mol. The molecule has 3 rings (SSSR count). The Morgan fingerprint density at radius 2 is 1.89 bits per heavy atom. The van der Waals surface area contributed by atoms with Gasteiger partial charge in [-0.25, -0.2) is 0 Å². The Bertz CT molecular complexity index is 985. The molecule has 6 nitrogen and oxygen atoms in total. The van der Waals surface area contributed by atoms with Crippen LogP contribution < -0.4 is 10.6 Å². The van der Waals surface area contributed by atoms with Crippen molar-refractivity contribution < 1.29 is 0 Å². The summed E-state index contributed by atoms with van der Waals surface area (Å²) in [7, 11) is 0. The van der Waals surface area contributed by atoms with Gasteiger partial charge < -0.3 is 10.6 Å². The molecule has 0 fully saturated rings. The van der Waals surface area contributed by atoms with Crippen molar-refractivity contribution in [2.45, 2.75) is 54.3 Å². The van der Waals surface area contributed by atoms with Gasteiger partial charge in [0, 0.05) is 24.8 Å². The fourth-order valence-electron chi connectivity index (χ4n) is 3.24. The Morgan fingerprint density at radius 1 is 1.11 bits per heavy atom. The number of rotatable bonds is 6. The topological polar surface area (TPSA) is 59.7 Å². The number of hydrogen-bond acceptors (Lipinski definition) is 3. The van der Waals surface area contributed by atoms with Crippen molar-refractivity contribution in [1.82, 2.24) is 24.9 Å². The van der Waals surface area contributed by atoms with E-state index < -0.39 is 0 Å². The number of nitrogens with zero attached hydrogens (tertiary/aromatic N) is 4. The minimum atomic E-state index is 0.588. The summed E-state index contributed by atoms with van der Waals surface area (Å²) < 4.78 is 3.96. The van der Waals surface area contributed by atoms with Gasteiger partial charge in [-0.3, -0.25) is 9.36 Å². The molecule has 2 heterocycles. The van der Waals surface area contributed by atoms with Crippen molar-refractivity contribution in [3.63, 3.8) is 0 Å². The lowest BCUT2D eigenvalue weighted by molar-refractivity contribution is 0.653. The fraction of sp³-hybridized carbons (Fsp3) is 0.381. The number of anilines is 1. The number of hydrogen-bond donors (Lipinski definition) is 2. The predicted molar refractivity (Wildman–Crippen MR) is 118 cm³/mol. The molecule has 2 aromatic heterocycles. The zero-order chi connectivity index (χ0) is 20.3. The average molecular weight is 397 g/mol. The Hall–Kier alpha value is -2.67. The second-order valence-electron chi connectivity index (χ2n) is 7.10. The lowest BCUT2D eigenvalue weighted by Gasteiger charge is -2.11. The van der Waals surface area contributed by atoms with Crippen LogP contribution in [0.15, 0.2) is 30.5 Å². The van der Waals surface area contributed by atoms with E-state index in [2.05, 4.69) is 72.1 Å². The quantitative estimate of drug-likeness (QED) is 0.620. The largest absolute Gasteiger partial charge is 0.358 e. The van der Waals surface area contributed by atoms with Gasteiger partial charge in [-0.05, 0) is 52.4 Å². The third-order valence-electron chi connectivity index (χ3n) is 4.85. The van der Waals surface area contributed by atoms with E-state index in [0.717, 1.165) is 41.4 Å². The summed E-state index contributed by atoms with van der Waals surface area (Å²) in [5, 5.41) is 16.3. The van der Waals surface area contributed by atoms with Crippen molar-refractivity contribution in [2.75, 3.05) is 5.32 Å². The molecule has 0 atom stereocenters. The van der Waals surface area contributed by atoms with Gasteiger partial charge in [-0.2, -0.15) is 10.2 Å². The molecule has 1 aromatic carbocycles. The van der Waals surface area contributed by atoms with E-state index in [-0.39, 0.29) is 0 Å². The molecule has 28 heavy (non-hydrogen) atoms. The smallest absolute Gasteiger partial charge is 0.171 e. The van der Waals surface area contributed by atoms with Crippen LogP contribution in [0.3, 0.4) is 0 Å². The summed E-state index contributed by atoms with van der Waals surface area (Å²) >= 11 is 5.50. The zero-order valence-electron chi connectivity index (χ0n) is 17.2. The first kappa shape index (κ1) is 20.1. The van der Waals surface area contributed by atoms with Crippen molar-refractivity contribution in [1.29, 1.82) is 0 Å². The van der Waals surface area contributed by atoms with Crippen molar-refractivity contribution in [3.8, 4) is 0 Å². The highest BCUT2D eigenvalue weighted by Gasteiger charge is 2.13. The molecule has 3 aromatic rings. The highest BCUT2D eigenvalue weighted by Crippen LogP contribution is 2.20. The summed E-state index contributed by atoms with van der Waals surface area (Å²) in [6, 6.07) is 8.50.